The molecule has 0 atom stereocenters. The van der Waals surface area contributed by atoms with E-state index in [4.69, 9.17) is 9.97 Å². The Bertz CT molecular complexity index is 1590. The van der Waals surface area contributed by atoms with Gasteiger partial charge in [-0.2, -0.15) is 0 Å². The van der Waals surface area contributed by atoms with E-state index in [0.717, 1.165) is 39.5 Å². The summed E-state index contributed by atoms with van der Waals surface area (Å²) >= 11 is 1.83. The van der Waals surface area contributed by atoms with E-state index in [-0.39, 0.29) is 0 Å². The van der Waals surface area contributed by atoms with E-state index in [1.165, 1.54) is 20.2 Å². The van der Waals surface area contributed by atoms with Gasteiger partial charge in [-0.1, -0.05) is 54.6 Å². The lowest BCUT2D eigenvalue weighted by atomic mass is 10.00. The highest BCUT2D eigenvalue weighted by atomic mass is 32.1. The second-order valence-electron chi connectivity index (χ2n) is 7.79. The van der Waals surface area contributed by atoms with Crippen molar-refractivity contribution in [1.82, 2.24) is 15.0 Å². The normalized spacial score (nSPS) is 11.3. The third-order valence-electron chi connectivity index (χ3n) is 5.67. The summed E-state index contributed by atoms with van der Waals surface area (Å²) in [6.45, 7) is 1.96. The van der Waals surface area contributed by atoms with Gasteiger partial charge in [0.05, 0.1) is 11.4 Å². The third-order valence-corrected chi connectivity index (χ3v) is 6.81. The molecule has 0 N–H and O–H groups in total. The van der Waals surface area contributed by atoms with Gasteiger partial charge in [0, 0.05) is 49.3 Å². The summed E-state index contributed by atoms with van der Waals surface area (Å²) in [4.78, 5) is 13.9. The zero-order chi connectivity index (χ0) is 21.5. The predicted octanol–water partition coefficient (Wildman–Crippen LogP) is 7.55. The van der Waals surface area contributed by atoms with Gasteiger partial charge in [0.15, 0.2) is 0 Å². The molecule has 0 aliphatic carbocycles. The van der Waals surface area contributed by atoms with Gasteiger partial charge in [-0.05, 0) is 42.8 Å². The van der Waals surface area contributed by atoms with Crippen molar-refractivity contribution in [3.63, 3.8) is 0 Å². The Balaban J connectivity index is 1.53. The van der Waals surface area contributed by atoms with Crippen molar-refractivity contribution in [1.29, 1.82) is 0 Å². The molecule has 0 radical (unpaired) electrons. The number of aromatic nitrogens is 3. The largest absolute Gasteiger partial charge is 0.264 e. The van der Waals surface area contributed by atoms with Crippen LogP contribution in [0.5, 0.6) is 0 Å². The Morgan fingerprint density at radius 1 is 0.656 bits per heavy atom. The second-order valence-corrected chi connectivity index (χ2v) is 8.87. The SMILES string of the molecule is Cc1nc(-c2cccc(-c3cccnc3)c2)cc(-c2cccc3sc4ccccc4c23)n1. The van der Waals surface area contributed by atoms with Crippen molar-refractivity contribution >= 4 is 31.5 Å². The van der Waals surface area contributed by atoms with E-state index in [2.05, 4.69) is 83.8 Å². The number of rotatable bonds is 3. The van der Waals surface area contributed by atoms with Gasteiger partial charge in [-0.15, -0.1) is 11.3 Å². The Morgan fingerprint density at radius 3 is 2.34 bits per heavy atom. The minimum absolute atomic E-state index is 0.765. The minimum Gasteiger partial charge on any atom is -0.264 e. The van der Waals surface area contributed by atoms with Crippen LogP contribution in [0, 0.1) is 6.92 Å². The molecule has 0 saturated carbocycles. The monoisotopic (exact) mass is 429 g/mol. The minimum atomic E-state index is 0.765. The standard InChI is InChI=1S/C28H19N3S/c1-18-30-24(20-8-4-7-19(15-20)21-9-6-14-29-17-21)16-25(31-18)22-11-5-13-27-28(22)23-10-2-3-12-26(23)32-27/h2-17H,1H3. The number of nitrogens with zero attached hydrogens (tertiary/aromatic N) is 3. The van der Waals surface area contributed by atoms with Gasteiger partial charge in [0.1, 0.15) is 5.82 Å². The quantitative estimate of drug-likeness (QED) is 0.291. The van der Waals surface area contributed by atoms with Crippen LogP contribution < -0.4 is 0 Å². The van der Waals surface area contributed by atoms with Gasteiger partial charge < -0.3 is 0 Å². The number of benzene rings is 3. The smallest absolute Gasteiger partial charge is 0.126 e. The van der Waals surface area contributed by atoms with Crippen LogP contribution in [0.1, 0.15) is 5.82 Å². The van der Waals surface area contributed by atoms with Crippen LogP contribution in [0.3, 0.4) is 0 Å². The van der Waals surface area contributed by atoms with Crippen molar-refractivity contribution in [3.05, 3.63) is 103 Å². The molecular weight excluding hydrogens is 410 g/mol. The first-order chi connectivity index (χ1) is 15.8. The first-order valence-electron chi connectivity index (χ1n) is 10.5. The molecule has 3 aromatic heterocycles. The lowest BCUT2D eigenvalue weighted by Gasteiger charge is -2.10. The van der Waals surface area contributed by atoms with Crippen LogP contribution in [0.25, 0.3) is 53.8 Å². The first kappa shape index (κ1) is 18.8. The molecule has 0 saturated heterocycles. The Kier molecular flexibility index (Phi) is 4.51. The van der Waals surface area contributed by atoms with Crippen molar-refractivity contribution in [2.24, 2.45) is 0 Å². The fourth-order valence-corrected chi connectivity index (χ4v) is 5.37. The van der Waals surface area contributed by atoms with Gasteiger partial charge in [0.2, 0.25) is 0 Å². The van der Waals surface area contributed by atoms with Crippen LogP contribution in [0.4, 0.5) is 0 Å². The summed E-state index contributed by atoms with van der Waals surface area (Å²) in [5.74, 6) is 0.765. The van der Waals surface area contributed by atoms with E-state index in [1.54, 1.807) is 6.20 Å². The number of pyridine rings is 1. The fourth-order valence-electron chi connectivity index (χ4n) is 4.23. The maximum absolute atomic E-state index is 4.83. The highest BCUT2D eigenvalue weighted by Crippen LogP contribution is 2.40. The van der Waals surface area contributed by atoms with Crippen LogP contribution in [-0.2, 0) is 0 Å². The molecule has 0 fully saturated rings. The lowest BCUT2D eigenvalue weighted by molar-refractivity contribution is 1.06. The number of thiophene rings is 1. The van der Waals surface area contributed by atoms with Crippen LogP contribution in [0.15, 0.2) is 97.3 Å². The van der Waals surface area contributed by atoms with Crippen LogP contribution in [0.2, 0.25) is 0 Å². The van der Waals surface area contributed by atoms with Gasteiger partial charge in [-0.3, -0.25) is 4.98 Å². The molecule has 0 aliphatic heterocycles. The van der Waals surface area contributed by atoms with Gasteiger partial charge in [0.25, 0.3) is 0 Å². The Hall–Kier alpha value is -3.89. The molecule has 3 heterocycles. The summed E-state index contributed by atoms with van der Waals surface area (Å²) in [6, 6.07) is 29.6. The number of hydrogen-bond acceptors (Lipinski definition) is 4. The number of fused-ring (bicyclic) bond motifs is 3. The summed E-state index contributed by atoms with van der Waals surface area (Å²) in [5.41, 5.74) is 6.31. The maximum atomic E-state index is 4.83. The molecule has 0 unspecified atom stereocenters. The molecule has 4 heteroatoms. The lowest BCUT2D eigenvalue weighted by Crippen LogP contribution is -1.95. The summed E-state index contributed by atoms with van der Waals surface area (Å²) < 4.78 is 2.57. The maximum Gasteiger partial charge on any atom is 0.126 e. The van der Waals surface area contributed by atoms with E-state index in [0.29, 0.717) is 0 Å². The van der Waals surface area contributed by atoms with Crippen LogP contribution >= 0.6 is 11.3 Å². The second kappa shape index (κ2) is 7.66. The molecule has 152 valence electrons. The first-order valence-corrected chi connectivity index (χ1v) is 11.3. The van der Waals surface area contributed by atoms with Crippen molar-refractivity contribution in [2.45, 2.75) is 6.92 Å². The summed E-state index contributed by atoms with van der Waals surface area (Å²) in [6.07, 6.45) is 3.68. The summed E-state index contributed by atoms with van der Waals surface area (Å²) in [7, 11) is 0. The van der Waals surface area contributed by atoms with Crippen molar-refractivity contribution in [2.75, 3.05) is 0 Å². The average Bonchev–Trinajstić information content (AvgIpc) is 3.23. The van der Waals surface area contributed by atoms with Gasteiger partial charge >= 0.3 is 0 Å². The zero-order valence-electron chi connectivity index (χ0n) is 17.5. The molecule has 32 heavy (non-hydrogen) atoms. The molecule has 6 rings (SSSR count). The fraction of sp³-hybridized carbons (Fsp3) is 0.0357. The zero-order valence-corrected chi connectivity index (χ0v) is 18.3. The van der Waals surface area contributed by atoms with Crippen molar-refractivity contribution < 1.29 is 0 Å². The van der Waals surface area contributed by atoms with E-state index < -0.39 is 0 Å². The average molecular weight is 430 g/mol. The molecule has 3 nitrogen and oxygen atoms in total. The predicted molar refractivity (Wildman–Crippen MR) is 134 cm³/mol. The molecular formula is C28H19N3S. The molecule has 0 bridgehead atoms. The Morgan fingerprint density at radius 2 is 1.44 bits per heavy atom. The third kappa shape index (κ3) is 3.26. The highest BCUT2D eigenvalue weighted by molar-refractivity contribution is 7.25. The molecule has 0 aliphatic rings. The van der Waals surface area contributed by atoms with E-state index in [1.807, 2.05) is 30.5 Å². The highest BCUT2D eigenvalue weighted by Gasteiger charge is 2.14. The van der Waals surface area contributed by atoms with Crippen LogP contribution in [-0.4, -0.2) is 15.0 Å². The molecule has 6 aromatic rings. The number of aryl methyl sites for hydroxylation is 1. The van der Waals surface area contributed by atoms with Gasteiger partial charge in [-0.25, -0.2) is 9.97 Å². The summed E-state index contributed by atoms with van der Waals surface area (Å²) in [5, 5.41) is 2.54. The van der Waals surface area contributed by atoms with E-state index >= 15 is 0 Å². The molecule has 0 amide bonds. The molecule has 3 aromatic carbocycles. The number of hydrogen-bond donors (Lipinski definition) is 0. The molecule has 0 spiro atoms. The Labute approximate surface area is 190 Å². The van der Waals surface area contributed by atoms with E-state index in [9.17, 15) is 0 Å². The topological polar surface area (TPSA) is 38.7 Å². The van der Waals surface area contributed by atoms with Crippen molar-refractivity contribution in [3.8, 4) is 33.6 Å².